The first-order valence-corrected chi connectivity index (χ1v) is 6.62. The molecule has 0 radical (unpaired) electrons. The molecule has 1 aromatic rings. The third-order valence-electron chi connectivity index (χ3n) is 3.87. The van der Waals surface area contributed by atoms with E-state index in [9.17, 15) is 5.11 Å². The van der Waals surface area contributed by atoms with Gasteiger partial charge in [-0.1, -0.05) is 6.92 Å². The summed E-state index contributed by atoms with van der Waals surface area (Å²) < 4.78 is 6.06. The van der Waals surface area contributed by atoms with Crippen LogP contribution in [0.2, 0.25) is 0 Å². The Hall–Kier alpha value is -1.13. The van der Waals surface area contributed by atoms with Crippen LogP contribution in [-0.4, -0.2) is 29.3 Å². The lowest BCUT2D eigenvalue weighted by Crippen LogP contribution is -2.39. The summed E-state index contributed by atoms with van der Waals surface area (Å²) in [5.74, 6) is 0.237. The van der Waals surface area contributed by atoms with Crippen molar-refractivity contribution in [1.29, 1.82) is 0 Å². The van der Waals surface area contributed by atoms with E-state index < -0.39 is 0 Å². The number of anilines is 1. The predicted octanol–water partition coefficient (Wildman–Crippen LogP) is 2.36. The molecule has 0 aliphatic carbocycles. The Kier molecular flexibility index (Phi) is 4.19. The number of aliphatic hydroxyl groups excluding tert-OH is 1. The molecular formula is C14H22N2O2. The number of hydrogen-bond acceptors (Lipinski definition) is 4. The van der Waals surface area contributed by atoms with E-state index in [2.05, 4.69) is 17.2 Å². The first-order chi connectivity index (χ1) is 8.67. The molecule has 0 saturated carbocycles. The first-order valence-electron chi connectivity index (χ1n) is 6.62. The fourth-order valence-corrected chi connectivity index (χ4v) is 2.82. The second-order valence-electron chi connectivity index (χ2n) is 4.92. The van der Waals surface area contributed by atoms with Gasteiger partial charge in [0, 0.05) is 31.1 Å². The summed E-state index contributed by atoms with van der Waals surface area (Å²) in [4.78, 5) is 4.10. The van der Waals surface area contributed by atoms with Gasteiger partial charge >= 0.3 is 0 Å². The molecule has 18 heavy (non-hydrogen) atoms. The molecule has 4 nitrogen and oxygen atoms in total. The molecule has 0 bridgehead atoms. The molecule has 4 unspecified atom stereocenters. The Morgan fingerprint density at radius 2 is 2.33 bits per heavy atom. The van der Waals surface area contributed by atoms with Crippen molar-refractivity contribution in [3.63, 3.8) is 0 Å². The lowest BCUT2D eigenvalue weighted by Gasteiger charge is -2.38. The summed E-state index contributed by atoms with van der Waals surface area (Å²) in [6.07, 6.45) is 4.90. The van der Waals surface area contributed by atoms with Crippen LogP contribution in [-0.2, 0) is 4.74 Å². The second kappa shape index (κ2) is 5.67. The first kappa shape index (κ1) is 13.3. The fraction of sp³-hybridized carbons (Fsp3) is 0.643. The summed E-state index contributed by atoms with van der Waals surface area (Å²) in [5.41, 5.74) is 2.05. The minimum atomic E-state index is -0.290. The molecule has 0 aromatic carbocycles. The van der Waals surface area contributed by atoms with Crippen LogP contribution in [0.25, 0.3) is 0 Å². The topological polar surface area (TPSA) is 54.4 Å². The van der Waals surface area contributed by atoms with E-state index in [0.717, 1.165) is 17.7 Å². The highest BCUT2D eigenvalue weighted by atomic mass is 16.5. The lowest BCUT2D eigenvalue weighted by molar-refractivity contribution is -0.131. The van der Waals surface area contributed by atoms with Crippen molar-refractivity contribution in [1.82, 2.24) is 4.98 Å². The number of pyridine rings is 1. The van der Waals surface area contributed by atoms with Crippen LogP contribution < -0.4 is 5.32 Å². The third-order valence-corrected chi connectivity index (χ3v) is 3.87. The van der Waals surface area contributed by atoms with Gasteiger partial charge in [0.2, 0.25) is 0 Å². The van der Waals surface area contributed by atoms with Crippen molar-refractivity contribution in [3.8, 4) is 0 Å². The van der Waals surface area contributed by atoms with Crippen molar-refractivity contribution in [3.05, 3.63) is 24.0 Å². The molecule has 1 aliphatic rings. The van der Waals surface area contributed by atoms with E-state index in [1.807, 2.05) is 20.0 Å². The van der Waals surface area contributed by atoms with Gasteiger partial charge < -0.3 is 15.2 Å². The minimum absolute atomic E-state index is 0.0525. The molecule has 4 atom stereocenters. The number of rotatable bonds is 3. The maximum absolute atomic E-state index is 10.2. The molecule has 2 rings (SSSR count). The molecule has 0 amide bonds. The molecule has 4 heteroatoms. The van der Waals surface area contributed by atoms with E-state index >= 15 is 0 Å². The van der Waals surface area contributed by atoms with Crippen LogP contribution in [0.5, 0.6) is 0 Å². The Balaban J connectivity index is 2.20. The van der Waals surface area contributed by atoms with Crippen LogP contribution in [0.15, 0.2) is 18.5 Å². The molecular weight excluding hydrogens is 228 g/mol. The van der Waals surface area contributed by atoms with E-state index in [0.29, 0.717) is 6.42 Å². The predicted molar refractivity (Wildman–Crippen MR) is 71.5 cm³/mol. The third kappa shape index (κ3) is 2.49. The van der Waals surface area contributed by atoms with E-state index in [1.165, 1.54) is 0 Å². The van der Waals surface area contributed by atoms with Crippen LogP contribution in [0, 0.1) is 5.92 Å². The second-order valence-corrected chi connectivity index (χ2v) is 4.92. The van der Waals surface area contributed by atoms with Crippen molar-refractivity contribution < 1.29 is 9.84 Å². The molecule has 1 aromatic heterocycles. The maximum Gasteiger partial charge on any atom is 0.0874 e. The van der Waals surface area contributed by atoms with Gasteiger partial charge in [0.25, 0.3) is 0 Å². The molecule has 100 valence electrons. The molecule has 2 N–H and O–H groups in total. The van der Waals surface area contributed by atoms with Gasteiger partial charge in [0.05, 0.1) is 30.2 Å². The van der Waals surface area contributed by atoms with Gasteiger partial charge in [0.1, 0.15) is 0 Å². The summed E-state index contributed by atoms with van der Waals surface area (Å²) >= 11 is 0. The number of nitrogens with zero attached hydrogens (tertiary/aromatic N) is 1. The Morgan fingerprint density at radius 3 is 2.94 bits per heavy atom. The van der Waals surface area contributed by atoms with Crippen molar-refractivity contribution in [2.24, 2.45) is 5.92 Å². The van der Waals surface area contributed by atoms with E-state index in [1.54, 1.807) is 12.4 Å². The molecule has 2 heterocycles. The Labute approximate surface area is 108 Å². The average Bonchev–Trinajstić information content (AvgIpc) is 2.38. The summed E-state index contributed by atoms with van der Waals surface area (Å²) in [5, 5.41) is 13.3. The van der Waals surface area contributed by atoms with Gasteiger partial charge in [-0.05, 0) is 19.4 Å². The Morgan fingerprint density at radius 1 is 1.56 bits per heavy atom. The van der Waals surface area contributed by atoms with Crippen molar-refractivity contribution in [2.45, 2.75) is 45.0 Å². The van der Waals surface area contributed by atoms with Gasteiger partial charge in [0.15, 0.2) is 0 Å². The SMILES string of the molecule is CCC1C(O)CC(c2ccncc2NC)OC1C. The Bertz CT molecular complexity index is 385. The maximum atomic E-state index is 10.2. The van der Waals surface area contributed by atoms with Gasteiger partial charge in [-0.2, -0.15) is 0 Å². The summed E-state index contributed by atoms with van der Waals surface area (Å²) in [6, 6.07) is 1.96. The van der Waals surface area contributed by atoms with Crippen LogP contribution >= 0.6 is 0 Å². The van der Waals surface area contributed by atoms with Crippen molar-refractivity contribution in [2.75, 3.05) is 12.4 Å². The number of nitrogens with one attached hydrogen (secondary N) is 1. The van der Waals surface area contributed by atoms with Gasteiger partial charge in [-0.15, -0.1) is 0 Å². The summed E-state index contributed by atoms with van der Waals surface area (Å²) in [6.45, 7) is 4.14. The fourth-order valence-electron chi connectivity index (χ4n) is 2.82. The molecule has 1 aliphatic heterocycles. The van der Waals surface area contributed by atoms with Crippen molar-refractivity contribution >= 4 is 5.69 Å². The zero-order valence-corrected chi connectivity index (χ0v) is 11.3. The molecule has 1 saturated heterocycles. The number of hydrogen-bond donors (Lipinski definition) is 2. The highest BCUT2D eigenvalue weighted by molar-refractivity contribution is 5.49. The number of ether oxygens (including phenoxy) is 1. The minimum Gasteiger partial charge on any atom is -0.393 e. The van der Waals surface area contributed by atoms with Gasteiger partial charge in [-0.3, -0.25) is 4.98 Å². The highest BCUT2D eigenvalue weighted by Crippen LogP contribution is 2.38. The zero-order valence-electron chi connectivity index (χ0n) is 11.3. The summed E-state index contributed by atoms with van der Waals surface area (Å²) in [7, 11) is 1.87. The van der Waals surface area contributed by atoms with Crippen LogP contribution in [0.1, 0.15) is 38.4 Å². The molecule has 0 spiro atoms. The smallest absolute Gasteiger partial charge is 0.0874 e. The van der Waals surface area contributed by atoms with E-state index in [-0.39, 0.29) is 24.2 Å². The lowest BCUT2D eigenvalue weighted by atomic mass is 9.85. The monoisotopic (exact) mass is 250 g/mol. The van der Waals surface area contributed by atoms with Crippen LogP contribution in [0.3, 0.4) is 0 Å². The standard InChI is InChI=1S/C14H22N2O2/c1-4-10-9(2)18-14(7-13(10)17)11-5-6-16-8-12(11)15-3/h5-6,8-10,13-15,17H,4,7H2,1-3H3. The average molecular weight is 250 g/mol. The van der Waals surface area contributed by atoms with Crippen LogP contribution in [0.4, 0.5) is 5.69 Å². The quantitative estimate of drug-likeness (QED) is 0.864. The number of aromatic nitrogens is 1. The normalized spacial score (nSPS) is 32.2. The molecule has 1 fully saturated rings. The largest absolute Gasteiger partial charge is 0.393 e. The highest BCUT2D eigenvalue weighted by Gasteiger charge is 2.35. The zero-order chi connectivity index (χ0) is 13.1. The number of aliphatic hydroxyl groups is 1. The van der Waals surface area contributed by atoms with Gasteiger partial charge in [-0.25, -0.2) is 0 Å². The van der Waals surface area contributed by atoms with E-state index in [4.69, 9.17) is 4.74 Å².